The Hall–Kier alpha value is -2.98. The highest BCUT2D eigenvalue weighted by Crippen LogP contribution is 2.35. The van der Waals surface area contributed by atoms with E-state index in [9.17, 15) is 10.1 Å². The number of hydrogen-bond donors (Lipinski definition) is 1. The van der Waals surface area contributed by atoms with E-state index < -0.39 is 0 Å². The number of para-hydroxylation sites is 1. The summed E-state index contributed by atoms with van der Waals surface area (Å²) < 4.78 is 0. The number of hydrogen-bond acceptors (Lipinski definition) is 9. The van der Waals surface area contributed by atoms with Crippen LogP contribution < -0.4 is 14.7 Å². The number of aromatic nitrogens is 2. The van der Waals surface area contributed by atoms with Crippen molar-refractivity contribution in [3.8, 4) is 0 Å². The highest BCUT2D eigenvalue weighted by atomic mass is 16.6. The summed E-state index contributed by atoms with van der Waals surface area (Å²) in [4.78, 5) is 28.6. The van der Waals surface area contributed by atoms with Gasteiger partial charge < -0.3 is 19.8 Å². The van der Waals surface area contributed by atoms with Gasteiger partial charge in [-0.3, -0.25) is 15.0 Å². The number of anilines is 3. The molecule has 2 aromatic rings. The third-order valence-electron chi connectivity index (χ3n) is 5.75. The van der Waals surface area contributed by atoms with Crippen molar-refractivity contribution in [3.05, 3.63) is 46.8 Å². The summed E-state index contributed by atoms with van der Waals surface area (Å²) >= 11 is 0. The van der Waals surface area contributed by atoms with Crippen LogP contribution in [0.25, 0.3) is 0 Å². The highest BCUT2D eigenvalue weighted by Gasteiger charge is 2.32. The van der Waals surface area contributed by atoms with Crippen molar-refractivity contribution in [1.29, 1.82) is 0 Å². The van der Waals surface area contributed by atoms with Crippen LogP contribution in [0.3, 0.4) is 0 Å². The van der Waals surface area contributed by atoms with Gasteiger partial charge in [-0.1, -0.05) is 18.2 Å². The number of nitro groups is 1. The molecule has 160 valence electrons. The normalized spacial score (nSPS) is 18.0. The number of aliphatic hydroxyl groups excluding tert-OH is 1. The first-order valence-electron chi connectivity index (χ1n) is 10.3. The van der Waals surface area contributed by atoms with Gasteiger partial charge >= 0.3 is 5.69 Å². The van der Waals surface area contributed by atoms with E-state index in [0.29, 0.717) is 44.4 Å². The zero-order valence-electron chi connectivity index (χ0n) is 16.9. The average molecular weight is 413 g/mol. The molecule has 0 amide bonds. The number of β-amino-alcohol motifs (C(OH)–C–C–N with tert-alkyl or cyclic N) is 1. The van der Waals surface area contributed by atoms with Crippen molar-refractivity contribution < 1.29 is 10.0 Å². The molecule has 10 heteroatoms. The van der Waals surface area contributed by atoms with E-state index in [1.54, 1.807) is 0 Å². The van der Waals surface area contributed by atoms with E-state index in [-0.39, 0.29) is 17.2 Å². The molecule has 2 aliphatic rings. The first-order chi connectivity index (χ1) is 14.7. The lowest BCUT2D eigenvalue weighted by molar-refractivity contribution is -0.383. The summed E-state index contributed by atoms with van der Waals surface area (Å²) in [6, 6.07) is 10.2. The van der Waals surface area contributed by atoms with Crippen molar-refractivity contribution >= 4 is 23.0 Å². The number of benzene rings is 1. The molecule has 3 heterocycles. The van der Waals surface area contributed by atoms with Gasteiger partial charge in [0.2, 0.25) is 11.6 Å². The summed E-state index contributed by atoms with van der Waals surface area (Å²) in [5, 5.41) is 21.1. The second-order valence-corrected chi connectivity index (χ2v) is 7.49. The van der Waals surface area contributed by atoms with Crippen LogP contribution in [0.2, 0.25) is 0 Å². The minimum Gasteiger partial charge on any atom is -0.395 e. The molecule has 4 rings (SSSR count). The van der Waals surface area contributed by atoms with Gasteiger partial charge in [-0.15, -0.1) is 0 Å². The highest BCUT2D eigenvalue weighted by molar-refractivity contribution is 5.71. The molecule has 30 heavy (non-hydrogen) atoms. The standard InChI is InChI=1S/C20H27N7O3/c28-15-14-23-6-8-25(9-7-23)19-18(27(29)30)20(22-16-21-19)26-12-10-24(11-13-26)17-4-2-1-3-5-17/h1-5,16,28H,6-15H2. The minimum atomic E-state index is -0.353. The monoisotopic (exact) mass is 413 g/mol. The molecule has 2 saturated heterocycles. The molecule has 0 bridgehead atoms. The number of aliphatic hydroxyl groups is 1. The molecule has 1 aromatic heterocycles. The van der Waals surface area contributed by atoms with E-state index in [4.69, 9.17) is 5.11 Å². The van der Waals surface area contributed by atoms with E-state index in [2.05, 4.69) is 31.9 Å². The molecule has 0 atom stereocenters. The van der Waals surface area contributed by atoms with Crippen LogP contribution in [0, 0.1) is 10.1 Å². The molecule has 0 unspecified atom stereocenters. The van der Waals surface area contributed by atoms with Crippen molar-refractivity contribution in [2.24, 2.45) is 0 Å². The smallest absolute Gasteiger partial charge is 0.353 e. The zero-order valence-corrected chi connectivity index (χ0v) is 16.9. The number of rotatable bonds is 6. The Morgan fingerprint density at radius 1 is 0.867 bits per heavy atom. The van der Waals surface area contributed by atoms with E-state index in [1.165, 1.54) is 6.33 Å². The predicted octanol–water partition coefficient (Wildman–Crippen LogP) is 0.826. The van der Waals surface area contributed by atoms with Gasteiger partial charge in [0.15, 0.2) is 0 Å². The van der Waals surface area contributed by atoms with Gasteiger partial charge in [0.05, 0.1) is 11.5 Å². The topological polar surface area (TPSA) is 102 Å². The quantitative estimate of drug-likeness (QED) is 0.545. The summed E-state index contributed by atoms with van der Waals surface area (Å²) in [5.41, 5.74) is 1.15. The van der Waals surface area contributed by atoms with Crippen LogP contribution >= 0.6 is 0 Å². The first-order valence-corrected chi connectivity index (χ1v) is 10.3. The van der Waals surface area contributed by atoms with Gasteiger partial charge in [0, 0.05) is 64.6 Å². The third kappa shape index (κ3) is 4.29. The molecule has 2 fully saturated rings. The fourth-order valence-corrected chi connectivity index (χ4v) is 4.13. The van der Waals surface area contributed by atoms with E-state index in [1.807, 2.05) is 28.0 Å². The Morgan fingerprint density at radius 2 is 1.40 bits per heavy atom. The van der Waals surface area contributed by atoms with Gasteiger partial charge in [-0.2, -0.15) is 0 Å². The number of piperazine rings is 2. The van der Waals surface area contributed by atoms with Crippen LogP contribution in [-0.2, 0) is 0 Å². The Kier molecular flexibility index (Phi) is 6.24. The zero-order chi connectivity index (χ0) is 20.9. The van der Waals surface area contributed by atoms with Crippen LogP contribution in [0.15, 0.2) is 36.7 Å². The Balaban J connectivity index is 1.50. The van der Waals surface area contributed by atoms with Crippen LogP contribution in [0.5, 0.6) is 0 Å². The molecular formula is C20H27N7O3. The molecule has 0 spiro atoms. The van der Waals surface area contributed by atoms with Crippen LogP contribution in [-0.4, -0.2) is 90.4 Å². The predicted molar refractivity (Wildman–Crippen MR) is 115 cm³/mol. The maximum absolute atomic E-state index is 12.0. The fourth-order valence-electron chi connectivity index (χ4n) is 4.13. The molecule has 0 radical (unpaired) electrons. The van der Waals surface area contributed by atoms with Crippen molar-refractivity contribution in [2.45, 2.75) is 0 Å². The van der Waals surface area contributed by atoms with Gasteiger partial charge in [-0.25, -0.2) is 9.97 Å². The summed E-state index contributed by atoms with van der Waals surface area (Å²) in [6.07, 6.45) is 1.43. The Labute approximate surface area is 175 Å². The SMILES string of the molecule is O=[N+]([O-])c1c(N2CCN(CCO)CC2)ncnc1N1CCN(c2ccccc2)CC1. The lowest BCUT2D eigenvalue weighted by Crippen LogP contribution is -2.48. The molecule has 1 aromatic carbocycles. The molecule has 0 saturated carbocycles. The molecule has 1 N–H and O–H groups in total. The van der Waals surface area contributed by atoms with Crippen molar-refractivity contribution in [2.75, 3.05) is 80.2 Å². The second kappa shape index (κ2) is 9.23. The van der Waals surface area contributed by atoms with Gasteiger partial charge in [0.25, 0.3) is 0 Å². The second-order valence-electron chi connectivity index (χ2n) is 7.49. The fraction of sp³-hybridized carbons (Fsp3) is 0.500. The van der Waals surface area contributed by atoms with E-state index in [0.717, 1.165) is 31.9 Å². The summed E-state index contributed by atoms with van der Waals surface area (Å²) in [6.45, 7) is 6.38. The lowest BCUT2D eigenvalue weighted by atomic mass is 10.2. The largest absolute Gasteiger partial charge is 0.395 e. The lowest BCUT2D eigenvalue weighted by Gasteiger charge is -2.37. The number of nitrogens with zero attached hydrogens (tertiary/aromatic N) is 7. The summed E-state index contributed by atoms with van der Waals surface area (Å²) in [5.74, 6) is 0.787. The van der Waals surface area contributed by atoms with E-state index >= 15 is 0 Å². The van der Waals surface area contributed by atoms with Crippen molar-refractivity contribution in [1.82, 2.24) is 14.9 Å². The van der Waals surface area contributed by atoms with Crippen LogP contribution in [0.1, 0.15) is 0 Å². The Bertz CT molecular complexity index is 851. The first kappa shape index (κ1) is 20.3. The third-order valence-corrected chi connectivity index (χ3v) is 5.75. The molecule has 0 aliphatic carbocycles. The van der Waals surface area contributed by atoms with Gasteiger partial charge in [-0.05, 0) is 12.1 Å². The summed E-state index contributed by atoms with van der Waals surface area (Å²) in [7, 11) is 0. The van der Waals surface area contributed by atoms with Crippen LogP contribution in [0.4, 0.5) is 23.0 Å². The molecule has 10 nitrogen and oxygen atoms in total. The molecular weight excluding hydrogens is 386 g/mol. The van der Waals surface area contributed by atoms with Gasteiger partial charge in [0.1, 0.15) is 6.33 Å². The maximum atomic E-state index is 12.0. The minimum absolute atomic E-state index is 0.0127. The van der Waals surface area contributed by atoms with Crippen molar-refractivity contribution in [3.63, 3.8) is 0 Å². The molecule has 2 aliphatic heterocycles. The average Bonchev–Trinajstić information content (AvgIpc) is 2.80. The Morgan fingerprint density at radius 3 is 1.93 bits per heavy atom. The maximum Gasteiger partial charge on any atom is 0.353 e.